The van der Waals surface area contributed by atoms with Crippen LogP contribution in [0.1, 0.15) is 22.6 Å². The van der Waals surface area contributed by atoms with Crippen molar-refractivity contribution in [3.05, 3.63) is 47.8 Å². The molecule has 2 aromatic rings. The van der Waals surface area contributed by atoms with Crippen LogP contribution >= 0.6 is 11.8 Å². The molecule has 6 heteroatoms. The average molecular weight is 317 g/mol. The van der Waals surface area contributed by atoms with Gasteiger partial charge in [0.25, 0.3) is 5.91 Å². The van der Waals surface area contributed by atoms with Gasteiger partial charge in [0.15, 0.2) is 5.69 Å². The topological polar surface area (TPSA) is 67.2 Å². The van der Waals surface area contributed by atoms with Crippen molar-refractivity contribution in [2.75, 3.05) is 18.1 Å². The predicted molar refractivity (Wildman–Crippen MR) is 87.5 cm³/mol. The van der Waals surface area contributed by atoms with Crippen LogP contribution < -0.4 is 5.32 Å². The van der Waals surface area contributed by atoms with E-state index in [2.05, 4.69) is 10.4 Å². The number of carbonyl (C=O) groups excluding carboxylic acids is 1. The standard InChI is InChI=1S/C16H19N3O2S/c1-12-9-14(18-19(12)13-5-3-2-4-6-13)15(20)17-10-16(21)7-8-22-11-16/h2-6,9,21H,7-8,10-11H2,1H3,(H,17,20). The number of nitrogens with one attached hydrogen (secondary N) is 1. The number of aromatic nitrogens is 2. The number of para-hydroxylation sites is 1. The van der Waals surface area contributed by atoms with Crippen LogP contribution in [0, 0.1) is 6.92 Å². The third kappa shape index (κ3) is 3.18. The van der Waals surface area contributed by atoms with Gasteiger partial charge in [-0.15, -0.1) is 0 Å². The second-order valence-electron chi connectivity index (χ2n) is 5.63. The summed E-state index contributed by atoms with van der Waals surface area (Å²) in [6.45, 7) is 2.19. The molecule has 1 saturated heterocycles. The molecule has 2 heterocycles. The molecule has 0 radical (unpaired) electrons. The van der Waals surface area contributed by atoms with E-state index in [0.29, 0.717) is 11.4 Å². The summed E-state index contributed by atoms with van der Waals surface area (Å²) in [7, 11) is 0. The van der Waals surface area contributed by atoms with Crippen molar-refractivity contribution in [3.63, 3.8) is 0 Å². The highest BCUT2D eigenvalue weighted by atomic mass is 32.2. The van der Waals surface area contributed by atoms with Crippen LogP contribution in [0.5, 0.6) is 0 Å². The van der Waals surface area contributed by atoms with Crippen molar-refractivity contribution in [3.8, 4) is 5.69 Å². The first-order valence-electron chi connectivity index (χ1n) is 7.28. The quantitative estimate of drug-likeness (QED) is 0.902. The van der Waals surface area contributed by atoms with E-state index in [9.17, 15) is 9.90 Å². The van der Waals surface area contributed by atoms with Gasteiger partial charge < -0.3 is 10.4 Å². The number of benzene rings is 1. The van der Waals surface area contributed by atoms with E-state index in [0.717, 1.165) is 23.6 Å². The monoisotopic (exact) mass is 317 g/mol. The average Bonchev–Trinajstić information content (AvgIpc) is 3.13. The Kier molecular flexibility index (Phi) is 4.22. The van der Waals surface area contributed by atoms with Crippen LogP contribution in [0.4, 0.5) is 0 Å². The second-order valence-corrected chi connectivity index (χ2v) is 6.73. The van der Waals surface area contributed by atoms with Crippen molar-refractivity contribution >= 4 is 17.7 Å². The van der Waals surface area contributed by atoms with Crippen LogP contribution in [0.25, 0.3) is 5.69 Å². The first kappa shape index (κ1) is 15.1. The van der Waals surface area contributed by atoms with E-state index in [-0.39, 0.29) is 12.5 Å². The third-order valence-electron chi connectivity index (χ3n) is 3.78. The zero-order valence-corrected chi connectivity index (χ0v) is 13.3. The van der Waals surface area contributed by atoms with Gasteiger partial charge in [-0.2, -0.15) is 16.9 Å². The van der Waals surface area contributed by atoms with Gasteiger partial charge in [-0.25, -0.2) is 4.68 Å². The summed E-state index contributed by atoms with van der Waals surface area (Å²) in [6.07, 6.45) is 0.718. The maximum Gasteiger partial charge on any atom is 0.271 e. The number of amides is 1. The lowest BCUT2D eigenvalue weighted by atomic mass is 10.0. The van der Waals surface area contributed by atoms with Gasteiger partial charge in [0, 0.05) is 18.0 Å². The molecule has 1 atom stereocenters. The summed E-state index contributed by atoms with van der Waals surface area (Å²) in [6, 6.07) is 11.5. The molecule has 1 aromatic carbocycles. The molecular formula is C16H19N3O2S. The van der Waals surface area contributed by atoms with Crippen molar-refractivity contribution < 1.29 is 9.90 Å². The van der Waals surface area contributed by atoms with E-state index in [1.54, 1.807) is 22.5 Å². The maximum absolute atomic E-state index is 12.2. The Morgan fingerprint density at radius 3 is 2.91 bits per heavy atom. The molecule has 22 heavy (non-hydrogen) atoms. The van der Waals surface area contributed by atoms with E-state index < -0.39 is 5.60 Å². The molecule has 1 aliphatic rings. The molecule has 1 aliphatic heterocycles. The molecule has 0 aliphatic carbocycles. The van der Waals surface area contributed by atoms with Gasteiger partial charge in [0.1, 0.15) is 0 Å². The zero-order valence-electron chi connectivity index (χ0n) is 12.5. The highest BCUT2D eigenvalue weighted by Crippen LogP contribution is 2.27. The van der Waals surface area contributed by atoms with Crippen LogP contribution in [0.2, 0.25) is 0 Å². The molecule has 1 unspecified atom stereocenters. The summed E-state index contributed by atoms with van der Waals surface area (Å²) in [4.78, 5) is 12.2. The van der Waals surface area contributed by atoms with E-state index in [4.69, 9.17) is 0 Å². The molecule has 0 bridgehead atoms. The summed E-state index contributed by atoms with van der Waals surface area (Å²) < 4.78 is 1.75. The number of aliphatic hydroxyl groups is 1. The molecule has 3 rings (SSSR count). The van der Waals surface area contributed by atoms with Crippen molar-refractivity contribution in [1.29, 1.82) is 0 Å². The molecule has 116 valence electrons. The fourth-order valence-electron chi connectivity index (χ4n) is 2.49. The molecule has 5 nitrogen and oxygen atoms in total. The predicted octanol–water partition coefficient (Wildman–Crippen LogP) is 1.78. The number of aryl methyl sites for hydroxylation is 1. The molecule has 0 spiro atoms. The minimum absolute atomic E-state index is 0.247. The van der Waals surface area contributed by atoms with Gasteiger partial charge in [-0.1, -0.05) is 18.2 Å². The largest absolute Gasteiger partial charge is 0.387 e. The van der Waals surface area contributed by atoms with Gasteiger partial charge in [-0.3, -0.25) is 4.79 Å². The van der Waals surface area contributed by atoms with Gasteiger partial charge in [-0.05, 0) is 37.3 Å². The second kappa shape index (κ2) is 6.14. The van der Waals surface area contributed by atoms with Gasteiger partial charge in [0.05, 0.1) is 11.3 Å². The summed E-state index contributed by atoms with van der Waals surface area (Å²) >= 11 is 1.71. The Morgan fingerprint density at radius 1 is 1.45 bits per heavy atom. The van der Waals surface area contributed by atoms with Gasteiger partial charge in [0.2, 0.25) is 0 Å². The van der Waals surface area contributed by atoms with Crippen LogP contribution in [-0.2, 0) is 0 Å². The van der Waals surface area contributed by atoms with Crippen molar-refractivity contribution in [2.24, 2.45) is 0 Å². The lowest BCUT2D eigenvalue weighted by Crippen LogP contribution is -2.43. The van der Waals surface area contributed by atoms with Gasteiger partial charge >= 0.3 is 0 Å². The zero-order chi connectivity index (χ0) is 15.6. The first-order valence-corrected chi connectivity index (χ1v) is 8.43. The van der Waals surface area contributed by atoms with Crippen LogP contribution in [-0.4, -0.2) is 44.4 Å². The Hall–Kier alpha value is -1.79. The molecule has 2 N–H and O–H groups in total. The SMILES string of the molecule is Cc1cc(C(=O)NCC2(O)CCSC2)nn1-c1ccccc1. The van der Waals surface area contributed by atoms with E-state index in [1.807, 2.05) is 37.3 Å². The number of hydrogen-bond donors (Lipinski definition) is 2. The minimum atomic E-state index is -0.780. The molecule has 0 saturated carbocycles. The lowest BCUT2D eigenvalue weighted by molar-refractivity contribution is 0.0610. The number of rotatable bonds is 4. The van der Waals surface area contributed by atoms with Crippen molar-refractivity contribution in [1.82, 2.24) is 15.1 Å². The van der Waals surface area contributed by atoms with E-state index in [1.165, 1.54) is 0 Å². The van der Waals surface area contributed by atoms with Crippen molar-refractivity contribution in [2.45, 2.75) is 18.9 Å². The Labute approximate surface area is 133 Å². The fraction of sp³-hybridized carbons (Fsp3) is 0.375. The Bertz CT molecular complexity index is 663. The molecule has 1 fully saturated rings. The number of nitrogens with zero attached hydrogens (tertiary/aromatic N) is 2. The molecule has 1 amide bonds. The minimum Gasteiger partial charge on any atom is -0.387 e. The first-order chi connectivity index (χ1) is 10.6. The molecule has 1 aromatic heterocycles. The smallest absolute Gasteiger partial charge is 0.271 e. The highest BCUT2D eigenvalue weighted by molar-refractivity contribution is 7.99. The Balaban J connectivity index is 1.71. The van der Waals surface area contributed by atoms with Crippen LogP contribution in [0.3, 0.4) is 0 Å². The number of hydrogen-bond acceptors (Lipinski definition) is 4. The third-order valence-corrected chi connectivity index (χ3v) is 5.02. The lowest BCUT2D eigenvalue weighted by Gasteiger charge is -2.21. The summed E-state index contributed by atoms with van der Waals surface area (Å²) in [5, 5.41) is 17.4. The maximum atomic E-state index is 12.2. The van der Waals surface area contributed by atoms with Crippen LogP contribution in [0.15, 0.2) is 36.4 Å². The normalized spacial score (nSPS) is 21.0. The highest BCUT2D eigenvalue weighted by Gasteiger charge is 2.32. The fourth-order valence-corrected chi connectivity index (χ4v) is 3.78. The summed E-state index contributed by atoms with van der Waals surface area (Å²) in [5.41, 5.74) is 1.41. The Morgan fingerprint density at radius 2 is 2.23 bits per heavy atom. The summed E-state index contributed by atoms with van der Waals surface area (Å²) in [5.74, 6) is 1.36. The molecular weight excluding hydrogens is 298 g/mol. The number of thioether (sulfide) groups is 1. The number of carbonyl (C=O) groups is 1. The van der Waals surface area contributed by atoms with E-state index >= 15 is 0 Å².